The van der Waals surface area contributed by atoms with Crippen LogP contribution in [-0.4, -0.2) is 39.0 Å². The predicted octanol–water partition coefficient (Wildman–Crippen LogP) is 6.33. The van der Waals surface area contributed by atoms with Crippen molar-refractivity contribution in [1.29, 1.82) is 0 Å². The monoisotopic (exact) mass is 572 g/mol. The van der Waals surface area contributed by atoms with Gasteiger partial charge in [0.1, 0.15) is 12.4 Å². The van der Waals surface area contributed by atoms with E-state index in [0.717, 1.165) is 22.5 Å². The number of carbonyl (C=O) groups excluding carboxylic acids is 2. The number of rotatable bonds is 8. The Hall–Kier alpha value is -4.27. The lowest BCUT2D eigenvalue weighted by molar-refractivity contribution is -0.384. The van der Waals surface area contributed by atoms with Crippen LogP contribution >= 0.6 is 0 Å². The number of Topliss-reactive ketones (excluding diaryl/α,β-unsaturated/α-hetero) is 2. The van der Waals surface area contributed by atoms with Crippen LogP contribution in [0.2, 0.25) is 0 Å². The molecular weight excluding hydrogens is 536 g/mol. The van der Waals surface area contributed by atoms with Crippen LogP contribution in [0.5, 0.6) is 5.75 Å². The van der Waals surface area contributed by atoms with Crippen molar-refractivity contribution in [3.8, 4) is 5.75 Å². The summed E-state index contributed by atoms with van der Waals surface area (Å²) in [6, 6.07) is 13.6. The van der Waals surface area contributed by atoms with Crippen LogP contribution in [-0.2, 0) is 21.0 Å². The molecule has 42 heavy (non-hydrogen) atoms. The van der Waals surface area contributed by atoms with Crippen LogP contribution in [0.4, 0.5) is 5.69 Å². The maximum atomic E-state index is 13.9. The summed E-state index contributed by atoms with van der Waals surface area (Å²) in [7, 11) is 0. The quantitative estimate of drug-likeness (QED) is 0.287. The van der Waals surface area contributed by atoms with Crippen LogP contribution in [0, 0.1) is 20.9 Å². The molecule has 0 atom stereocenters. The number of nitro benzene ring substituents is 1. The van der Waals surface area contributed by atoms with Gasteiger partial charge >= 0.3 is 5.97 Å². The molecule has 0 fully saturated rings. The molecule has 0 spiro atoms. The fourth-order valence-corrected chi connectivity index (χ4v) is 6.52. The zero-order valence-corrected chi connectivity index (χ0v) is 24.4. The minimum absolute atomic E-state index is 0.00394. The van der Waals surface area contributed by atoms with Crippen molar-refractivity contribution in [2.24, 2.45) is 10.8 Å². The summed E-state index contributed by atoms with van der Waals surface area (Å²) in [6.45, 7) is 8.58. The second-order valence-electron chi connectivity index (χ2n) is 13.1. The molecule has 5 rings (SSSR count). The third-order valence-electron chi connectivity index (χ3n) is 8.32. The van der Waals surface area contributed by atoms with E-state index in [1.54, 1.807) is 18.2 Å². The molecule has 9 heteroatoms. The molecule has 1 aliphatic heterocycles. The number of ether oxygens (including phenoxy) is 1. The van der Waals surface area contributed by atoms with Gasteiger partial charge in [0.15, 0.2) is 11.6 Å². The molecule has 0 saturated carbocycles. The molecule has 1 N–H and O–H groups in total. The average molecular weight is 573 g/mol. The molecule has 3 aliphatic rings. The number of hydrogen-bond acceptors (Lipinski definition) is 7. The Balaban J connectivity index is 1.57. The van der Waals surface area contributed by atoms with Gasteiger partial charge in [-0.1, -0.05) is 39.8 Å². The number of nitro groups is 1. The van der Waals surface area contributed by atoms with Crippen LogP contribution in [0.25, 0.3) is 0 Å². The van der Waals surface area contributed by atoms with E-state index in [2.05, 4.69) is 0 Å². The average Bonchev–Trinajstić information content (AvgIpc) is 2.89. The van der Waals surface area contributed by atoms with E-state index in [-0.39, 0.29) is 47.7 Å². The number of non-ortho nitro benzene ring substituents is 1. The van der Waals surface area contributed by atoms with Gasteiger partial charge in [0.2, 0.25) is 0 Å². The molecule has 0 amide bonds. The maximum absolute atomic E-state index is 13.9. The van der Waals surface area contributed by atoms with Crippen molar-refractivity contribution < 1.29 is 29.2 Å². The molecule has 0 unspecified atom stereocenters. The van der Waals surface area contributed by atoms with Crippen molar-refractivity contribution in [1.82, 2.24) is 4.90 Å². The first-order chi connectivity index (χ1) is 19.7. The zero-order valence-electron chi connectivity index (χ0n) is 24.4. The third kappa shape index (κ3) is 5.86. The first kappa shape index (κ1) is 29.2. The zero-order chi connectivity index (χ0) is 30.4. The van der Waals surface area contributed by atoms with Gasteiger partial charge in [-0.3, -0.25) is 24.5 Å². The summed E-state index contributed by atoms with van der Waals surface area (Å²) in [5.74, 6) is -0.982. The number of nitrogens with zero attached hydrogens (tertiary/aromatic N) is 2. The Bertz CT molecular complexity index is 1480. The summed E-state index contributed by atoms with van der Waals surface area (Å²) in [5, 5.41) is 20.5. The van der Waals surface area contributed by atoms with E-state index < -0.39 is 16.8 Å². The highest BCUT2D eigenvalue weighted by Gasteiger charge is 2.49. The lowest BCUT2D eigenvalue weighted by Crippen LogP contribution is -2.45. The number of aliphatic carboxylic acids is 1. The predicted molar refractivity (Wildman–Crippen MR) is 156 cm³/mol. The van der Waals surface area contributed by atoms with Crippen molar-refractivity contribution in [3.63, 3.8) is 0 Å². The molecule has 2 aliphatic carbocycles. The number of ketones is 2. The Labute approximate surface area is 245 Å². The molecular formula is C33H36N2O7. The second-order valence-corrected chi connectivity index (χ2v) is 13.1. The van der Waals surface area contributed by atoms with Gasteiger partial charge in [-0.25, -0.2) is 0 Å². The Morgan fingerprint density at radius 2 is 1.52 bits per heavy atom. The number of benzene rings is 2. The van der Waals surface area contributed by atoms with Crippen LogP contribution in [0.3, 0.4) is 0 Å². The smallest absolute Gasteiger partial charge is 0.305 e. The Morgan fingerprint density at radius 3 is 2.05 bits per heavy atom. The van der Waals surface area contributed by atoms with Crippen LogP contribution in [0.1, 0.15) is 76.8 Å². The molecule has 2 aromatic carbocycles. The second kappa shape index (κ2) is 10.9. The van der Waals surface area contributed by atoms with E-state index >= 15 is 0 Å². The van der Waals surface area contributed by atoms with E-state index in [1.807, 2.05) is 50.8 Å². The first-order valence-electron chi connectivity index (χ1n) is 14.2. The first-order valence-corrected chi connectivity index (χ1v) is 14.2. The molecule has 220 valence electrons. The van der Waals surface area contributed by atoms with E-state index in [1.165, 1.54) is 12.1 Å². The molecule has 9 nitrogen and oxygen atoms in total. The lowest BCUT2D eigenvalue weighted by atomic mass is 9.63. The van der Waals surface area contributed by atoms with Crippen molar-refractivity contribution >= 4 is 23.2 Å². The van der Waals surface area contributed by atoms with Crippen LogP contribution in [0.15, 0.2) is 71.1 Å². The molecule has 0 bridgehead atoms. The number of carbonyl (C=O) groups is 3. The molecule has 2 aromatic rings. The highest BCUT2D eigenvalue weighted by Crippen LogP contribution is 2.54. The molecule has 0 aromatic heterocycles. The topological polar surface area (TPSA) is 127 Å². The van der Waals surface area contributed by atoms with E-state index in [9.17, 15) is 29.6 Å². The van der Waals surface area contributed by atoms with Crippen molar-refractivity contribution in [2.45, 2.75) is 72.3 Å². The Morgan fingerprint density at radius 1 is 0.952 bits per heavy atom. The number of carboxylic acid groups (broad SMARTS) is 1. The standard InChI is InChI=1S/C33H36N2O7/c1-32(2)15-24-30(26(36)17-32)29(31-25(34(24)13-12-28(38)39)16-33(3,4)18-27(31)37)21-6-5-7-23(14-21)42-19-20-8-10-22(11-9-20)35(40)41/h5-11,14,29H,12-13,15-19H2,1-4H3,(H,38,39). The molecule has 1 heterocycles. The maximum Gasteiger partial charge on any atom is 0.305 e. The van der Waals surface area contributed by atoms with Gasteiger partial charge in [0, 0.05) is 60.0 Å². The molecule has 0 radical (unpaired) electrons. The van der Waals surface area contributed by atoms with Crippen LogP contribution < -0.4 is 4.74 Å². The summed E-state index contributed by atoms with van der Waals surface area (Å²) in [4.78, 5) is 51.9. The minimum atomic E-state index is -0.929. The summed E-state index contributed by atoms with van der Waals surface area (Å²) in [6.07, 6.45) is 1.78. The van der Waals surface area contributed by atoms with Gasteiger partial charge in [0.05, 0.1) is 11.3 Å². The Kier molecular flexibility index (Phi) is 7.55. The van der Waals surface area contributed by atoms with Crippen molar-refractivity contribution in [2.75, 3.05) is 6.54 Å². The van der Waals surface area contributed by atoms with Gasteiger partial charge < -0.3 is 14.7 Å². The van der Waals surface area contributed by atoms with Crippen molar-refractivity contribution in [3.05, 3.63) is 92.3 Å². The summed E-state index contributed by atoms with van der Waals surface area (Å²) < 4.78 is 6.05. The molecule has 0 saturated heterocycles. The largest absolute Gasteiger partial charge is 0.489 e. The van der Waals surface area contributed by atoms with Gasteiger partial charge in [-0.15, -0.1) is 0 Å². The third-order valence-corrected chi connectivity index (χ3v) is 8.32. The number of hydrogen-bond donors (Lipinski definition) is 1. The van der Waals surface area contributed by atoms with E-state index in [0.29, 0.717) is 42.6 Å². The number of carboxylic acids is 1. The normalized spacial score (nSPS) is 19.9. The minimum Gasteiger partial charge on any atom is -0.489 e. The summed E-state index contributed by atoms with van der Waals surface area (Å²) >= 11 is 0. The highest BCUT2D eigenvalue weighted by molar-refractivity contribution is 6.06. The van der Waals surface area contributed by atoms with E-state index in [4.69, 9.17) is 4.74 Å². The fraction of sp³-hybridized carbons (Fsp3) is 0.424. The fourth-order valence-electron chi connectivity index (χ4n) is 6.52. The SMILES string of the molecule is CC1(C)CC(=O)C2=C(C1)N(CCC(=O)O)C1=C(C(=O)CC(C)(C)C1)C2c1cccc(OCc2ccc([N+](=O)[O-])cc2)c1. The number of allylic oxidation sites excluding steroid dienone is 4. The summed E-state index contributed by atoms with van der Waals surface area (Å²) in [5.41, 5.74) is 3.75. The van der Waals surface area contributed by atoms with Gasteiger partial charge in [-0.05, 0) is 59.1 Å². The lowest BCUT2D eigenvalue weighted by Gasteiger charge is -2.49. The highest BCUT2D eigenvalue weighted by atomic mass is 16.6. The van der Waals surface area contributed by atoms with Gasteiger partial charge in [0.25, 0.3) is 5.69 Å². The van der Waals surface area contributed by atoms with Gasteiger partial charge in [-0.2, -0.15) is 0 Å².